The van der Waals surface area contributed by atoms with Crippen LogP contribution in [0.25, 0.3) is 0 Å². The second-order valence-corrected chi connectivity index (χ2v) is 40.5. The molecule has 14 rings (SSSR count). The Kier molecular flexibility index (Phi) is 31.3. The summed E-state index contributed by atoms with van der Waals surface area (Å²) in [6.07, 6.45) is 11.0. The zero-order valence-electron chi connectivity index (χ0n) is 70.1. The fourth-order valence-corrected chi connectivity index (χ4v) is 19.7. The van der Waals surface area contributed by atoms with Crippen LogP contribution in [0, 0.1) is 5.92 Å². The molecule has 1 atom stereocenters. The number of likely N-dealkylation sites (N-methyl/N-ethyl adjacent to an activating group) is 1. The van der Waals surface area contributed by atoms with Crippen molar-refractivity contribution >= 4 is 165 Å². The maximum absolute atomic E-state index is 13.3. The lowest BCUT2D eigenvalue weighted by Crippen LogP contribution is -2.54. The summed E-state index contributed by atoms with van der Waals surface area (Å²) < 4.78 is 66.7. The van der Waals surface area contributed by atoms with E-state index in [1.807, 2.05) is 95.9 Å². The third kappa shape index (κ3) is 23.4. The minimum atomic E-state index is -3.54. The van der Waals surface area contributed by atoms with Crippen LogP contribution in [0.3, 0.4) is 0 Å². The quantitative estimate of drug-likeness (QED) is 0.0235. The van der Waals surface area contributed by atoms with E-state index in [9.17, 15) is 23.6 Å². The van der Waals surface area contributed by atoms with E-state index in [4.69, 9.17) is 58.1 Å². The molecule has 3 aromatic heterocycles. The number of para-hydroxylation sites is 3. The van der Waals surface area contributed by atoms with Gasteiger partial charge in [-0.3, -0.25) is 19.2 Å². The first kappa shape index (κ1) is 90.2. The van der Waals surface area contributed by atoms with Gasteiger partial charge in [0.05, 0.1) is 86.0 Å². The lowest BCUT2D eigenvalue weighted by atomic mass is 9.97. The van der Waals surface area contributed by atoms with E-state index < -0.39 is 21.9 Å². The number of halogens is 3. The molecule has 9 aromatic rings. The highest BCUT2D eigenvalue weighted by Crippen LogP contribution is 2.49. The van der Waals surface area contributed by atoms with Crippen molar-refractivity contribution < 1.29 is 46.9 Å². The van der Waals surface area contributed by atoms with Gasteiger partial charge in [-0.1, -0.05) is 71.2 Å². The van der Waals surface area contributed by atoms with Crippen LogP contribution in [0.4, 0.5) is 86.5 Å². The Labute approximate surface area is 719 Å². The number of nitrogens with one attached hydrogen (secondary N) is 6. The largest absolute Gasteiger partial charge is 0.494 e. The molecule has 35 heteroatoms. The number of ether oxygens (including phenoxy) is 3. The number of methoxy groups -OCH3 is 3. The average molecular weight is 1760 g/mol. The molecule has 120 heavy (non-hydrogen) atoms. The summed E-state index contributed by atoms with van der Waals surface area (Å²) >= 11 is 19.3. The number of hydrogen-bond acceptors (Lipinski definition) is 28. The summed E-state index contributed by atoms with van der Waals surface area (Å²) in [6, 6.07) is 41.3. The molecule has 1 amide bonds. The highest BCUT2D eigenvalue weighted by Gasteiger charge is 2.33. The molecule has 5 aliphatic rings. The van der Waals surface area contributed by atoms with Crippen LogP contribution in [0.1, 0.15) is 52.4 Å². The summed E-state index contributed by atoms with van der Waals surface area (Å²) in [6.45, 7) is 24.8. The summed E-state index contributed by atoms with van der Waals surface area (Å²) in [5, 5.41) is 31.6. The number of nitrogens with zero attached hydrogens (tertiary/aromatic N) is 13. The third-order valence-corrected chi connectivity index (χ3v) is 28.2. The number of piperazine rings is 2. The number of amides is 1. The van der Waals surface area contributed by atoms with Crippen molar-refractivity contribution in [1.82, 2.24) is 49.5 Å². The van der Waals surface area contributed by atoms with Crippen LogP contribution in [0.2, 0.25) is 15.1 Å². The van der Waals surface area contributed by atoms with Gasteiger partial charge in [-0.15, -0.1) is 0 Å². The molecule has 5 saturated heterocycles. The summed E-state index contributed by atoms with van der Waals surface area (Å²) in [5.74, 6) is 4.78. The minimum Gasteiger partial charge on any atom is -0.494 e. The van der Waals surface area contributed by atoms with Crippen LogP contribution < -0.4 is 76.7 Å². The van der Waals surface area contributed by atoms with E-state index in [-0.39, 0.29) is 19.1 Å². The number of benzene rings is 6. The van der Waals surface area contributed by atoms with E-state index >= 15 is 0 Å². The normalized spacial score (nSPS) is 16.7. The number of rotatable bonds is 27. The van der Waals surface area contributed by atoms with Gasteiger partial charge < -0.3 is 93.9 Å². The number of aliphatic hydroxyl groups excluding tert-OH is 1. The van der Waals surface area contributed by atoms with Crippen molar-refractivity contribution in [1.29, 1.82) is 0 Å². The molecule has 5 fully saturated rings. The van der Waals surface area contributed by atoms with Crippen molar-refractivity contribution in [3.05, 3.63) is 161 Å². The van der Waals surface area contributed by atoms with Crippen LogP contribution in [0.15, 0.2) is 146 Å². The molecule has 642 valence electrons. The fraction of sp³-hybridized carbons (Fsp3) is 0.424. The molecular weight excluding hydrogens is 1650 g/mol. The van der Waals surface area contributed by atoms with Gasteiger partial charge in [-0.05, 0) is 158 Å². The number of aliphatic hydroxyl groups is 1. The molecule has 0 saturated carbocycles. The smallest absolute Gasteiger partial charge is 0.363 e. The van der Waals surface area contributed by atoms with Gasteiger partial charge in [-0.2, -0.15) is 15.0 Å². The number of carbonyl (C=O) groups is 1. The highest BCUT2D eigenvalue weighted by molar-refractivity contribution is 7.70. The lowest BCUT2D eigenvalue weighted by molar-refractivity contribution is -0.130. The predicted octanol–water partition coefficient (Wildman–Crippen LogP) is 15.4. The number of anilines is 15. The van der Waals surface area contributed by atoms with E-state index in [1.54, 1.807) is 80.0 Å². The van der Waals surface area contributed by atoms with E-state index in [0.29, 0.717) is 108 Å². The SMILES string of the molecule is CCOP(=O)(OC)c1ccccc1Nc1nc(Nc2ccc(N3CCC(N4CCN(C)CC4)CC3)cc2OC)ncc1Cl.COc1cc(N2CCC(CO)CC2)ccc1Nc1ncc(Cl)c(Nc2ccccc2P(C)(C)=O)n1.COc1cc(N2CCC(N3CCN(C(C)=O)CC3)CC2)ccc1Nc1ncc(Cl)c(Nc2ccccc2P(C)(C)=O)n1. The predicted molar refractivity (Wildman–Crippen MR) is 489 cm³/mol. The molecular formula is C85H111Cl3N19O10P3. The molecule has 8 heterocycles. The summed E-state index contributed by atoms with van der Waals surface area (Å²) in [5.41, 5.74) is 7.40. The number of piperidine rings is 3. The van der Waals surface area contributed by atoms with Gasteiger partial charge in [-0.25, -0.2) is 15.0 Å². The van der Waals surface area contributed by atoms with Crippen molar-refractivity contribution in [2.75, 3.05) is 214 Å². The van der Waals surface area contributed by atoms with Gasteiger partial charge in [0.15, 0.2) is 17.5 Å². The Morgan fingerprint density at radius 3 is 1.11 bits per heavy atom. The van der Waals surface area contributed by atoms with Gasteiger partial charge in [0.1, 0.15) is 46.6 Å². The zero-order valence-corrected chi connectivity index (χ0v) is 75.0. The monoisotopic (exact) mass is 1760 g/mol. The standard InChI is InChI=1S/C30H41ClN7O4P.C30H39ClN7O3P.C25H31ClN5O3P/c1-5-42-43(39,41-4)28-9-7-6-8-26(28)33-29-24(31)21-32-30(35-29)34-25-11-10-23(20-27(25)40-3)37-14-12-22(13-15-37)38-18-16-36(2)17-19-38;1-21(39)36-15-17-38(18-16-36)22-11-13-37(14-12-22)23-9-10-25(27(19-23)41-2)34-30-32-20-24(31)29(35-30)33-26-7-5-6-8-28(26)42(3,4)40;1-34-22-14-18(31-12-10-17(16-32)11-13-31)8-9-20(22)29-25-27-15-19(26)24(30-25)28-21-6-4-5-7-23(21)35(2,3)33/h6-11,20-22H,5,12-19H2,1-4H3,(H2,32,33,34,35);5-10,19-20,22H,11-18H2,1-4H3,(H2,32,33,34,35);4-9,14-15,17,32H,10-13,16H2,1-3H3,(H2,27,28,29,30). The molecule has 0 radical (unpaired) electrons. The first-order valence-corrected chi connectivity index (χ1v) is 48.3. The Morgan fingerprint density at radius 1 is 0.450 bits per heavy atom. The van der Waals surface area contributed by atoms with Crippen molar-refractivity contribution in [3.8, 4) is 17.2 Å². The Bertz CT molecular complexity index is 5120. The van der Waals surface area contributed by atoms with Gasteiger partial charge >= 0.3 is 7.60 Å². The second kappa shape index (κ2) is 41.7. The molecule has 0 aliphatic carbocycles. The second-order valence-electron chi connectivity index (χ2n) is 30.9. The minimum absolute atomic E-state index is 0.169. The van der Waals surface area contributed by atoms with Gasteiger partial charge in [0, 0.05) is 170 Å². The van der Waals surface area contributed by atoms with E-state index in [1.165, 1.54) is 25.7 Å². The average Bonchev–Trinajstić information content (AvgIpc) is 0.803. The maximum Gasteiger partial charge on any atom is 0.363 e. The van der Waals surface area contributed by atoms with Gasteiger partial charge in [0.2, 0.25) is 23.8 Å². The van der Waals surface area contributed by atoms with E-state index in [0.717, 1.165) is 175 Å². The fourth-order valence-electron chi connectivity index (χ4n) is 15.5. The Morgan fingerprint density at radius 2 is 0.783 bits per heavy atom. The van der Waals surface area contributed by atoms with Crippen molar-refractivity contribution in [2.24, 2.45) is 5.92 Å². The molecule has 29 nitrogen and oxygen atoms in total. The topological polar surface area (TPSA) is 307 Å². The molecule has 0 spiro atoms. The number of hydrogen-bond donors (Lipinski definition) is 7. The third-order valence-electron chi connectivity index (χ3n) is 22.2. The van der Waals surface area contributed by atoms with Crippen molar-refractivity contribution in [2.45, 2.75) is 64.5 Å². The molecule has 5 aliphatic heterocycles. The molecule has 1 unspecified atom stereocenters. The lowest BCUT2D eigenvalue weighted by Gasteiger charge is -2.43. The van der Waals surface area contributed by atoms with Crippen LogP contribution in [-0.2, 0) is 27.5 Å². The summed E-state index contributed by atoms with van der Waals surface area (Å²) in [7, 11) is -0.0634. The van der Waals surface area contributed by atoms with Gasteiger partial charge in [0.25, 0.3) is 0 Å². The van der Waals surface area contributed by atoms with E-state index in [2.05, 4.69) is 116 Å². The van der Waals surface area contributed by atoms with Crippen LogP contribution >= 0.6 is 56.7 Å². The van der Waals surface area contributed by atoms with Crippen molar-refractivity contribution in [3.63, 3.8) is 0 Å². The zero-order chi connectivity index (χ0) is 85.3. The first-order valence-electron chi connectivity index (χ1n) is 40.4. The Balaban J connectivity index is 0.000000166. The van der Waals surface area contributed by atoms with Crippen LogP contribution in [0.5, 0.6) is 17.2 Å². The Hall–Kier alpha value is -9.05. The number of carbonyl (C=O) groups excluding carboxylic acids is 1. The highest BCUT2D eigenvalue weighted by atomic mass is 35.5. The number of aromatic nitrogens is 6. The maximum atomic E-state index is 13.3. The molecule has 7 N–H and O–H groups in total. The summed E-state index contributed by atoms with van der Waals surface area (Å²) in [4.78, 5) is 55.1. The molecule has 0 bridgehead atoms. The first-order chi connectivity index (χ1) is 57.7. The molecule has 6 aromatic carbocycles. The van der Waals surface area contributed by atoms with Crippen LogP contribution in [-0.4, -0.2) is 240 Å².